The highest BCUT2D eigenvalue weighted by atomic mass is 32.1. The molecule has 2 heterocycles. The van der Waals surface area contributed by atoms with E-state index in [1.165, 1.54) is 12.8 Å². The van der Waals surface area contributed by atoms with Crippen molar-refractivity contribution in [3.8, 4) is 10.4 Å². The standard InChI is InChI=1S/C20H24N4OS/c1-24-16-7-6-14(16)17(24)8-9-23-20(25)19(22)13-5-4-12(11-15(13)21)18-3-2-10-26-18/h2-5,10-11,14,16-17,22H,6-9,21H2,1H3,(H,23,25). The van der Waals surface area contributed by atoms with Crippen LogP contribution in [0, 0.1) is 11.3 Å². The van der Waals surface area contributed by atoms with Crippen LogP contribution in [0.5, 0.6) is 0 Å². The van der Waals surface area contributed by atoms with Gasteiger partial charge in [-0.1, -0.05) is 12.1 Å². The normalized spacial score (nSPS) is 24.3. The molecule has 1 saturated carbocycles. The topological polar surface area (TPSA) is 82.2 Å². The van der Waals surface area contributed by atoms with E-state index in [0.717, 1.165) is 28.8 Å². The van der Waals surface area contributed by atoms with Crippen LogP contribution >= 0.6 is 11.3 Å². The first-order valence-electron chi connectivity index (χ1n) is 9.08. The van der Waals surface area contributed by atoms with Gasteiger partial charge in [0.05, 0.1) is 0 Å². The van der Waals surface area contributed by atoms with Crippen molar-refractivity contribution in [3.63, 3.8) is 0 Å². The van der Waals surface area contributed by atoms with E-state index in [4.69, 9.17) is 11.1 Å². The largest absolute Gasteiger partial charge is 0.398 e. The van der Waals surface area contributed by atoms with Crippen molar-refractivity contribution in [1.82, 2.24) is 10.2 Å². The molecule has 1 aromatic heterocycles. The minimum atomic E-state index is -0.354. The van der Waals surface area contributed by atoms with E-state index in [1.54, 1.807) is 17.4 Å². The minimum Gasteiger partial charge on any atom is -0.398 e. The highest BCUT2D eigenvalue weighted by Crippen LogP contribution is 2.46. The molecule has 1 aromatic carbocycles. The fraction of sp³-hybridized carbons (Fsp3) is 0.400. The number of nitrogen functional groups attached to an aromatic ring is 1. The van der Waals surface area contributed by atoms with Gasteiger partial charge in [0.1, 0.15) is 5.71 Å². The van der Waals surface area contributed by atoms with Crippen LogP contribution in [0.1, 0.15) is 24.8 Å². The van der Waals surface area contributed by atoms with Crippen LogP contribution in [-0.4, -0.2) is 42.2 Å². The molecule has 0 radical (unpaired) electrons. The molecule has 1 amide bonds. The predicted molar refractivity (Wildman–Crippen MR) is 107 cm³/mol. The average Bonchev–Trinajstić information content (AvgIpc) is 3.13. The summed E-state index contributed by atoms with van der Waals surface area (Å²) in [4.78, 5) is 15.9. The van der Waals surface area contributed by atoms with Gasteiger partial charge in [-0.15, -0.1) is 11.3 Å². The maximum absolute atomic E-state index is 12.3. The van der Waals surface area contributed by atoms with E-state index in [9.17, 15) is 4.79 Å². The highest BCUT2D eigenvalue weighted by molar-refractivity contribution is 7.13. The Morgan fingerprint density at radius 1 is 1.38 bits per heavy atom. The Hall–Kier alpha value is -2.18. The van der Waals surface area contributed by atoms with Gasteiger partial charge in [0.15, 0.2) is 0 Å². The van der Waals surface area contributed by atoms with Gasteiger partial charge in [0.25, 0.3) is 5.91 Å². The fourth-order valence-electron chi connectivity index (χ4n) is 4.26. The monoisotopic (exact) mass is 368 g/mol. The average molecular weight is 369 g/mol. The molecule has 0 spiro atoms. The Bertz CT molecular complexity index is 826. The Morgan fingerprint density at radius 2 is 2.23 bits per heavy atom. The van der Waals surface area contributed by atoms with Crippen LogP contribution in [0.25, 0.3) is 10.4 Å². The van der Waals surface area contributed by atoms with Crippen LogP contribution in [-0.2, 0) is 4.79 Å². The number of fused-ring (bicyclic) bond motifs is 1. The van der Waals surface area contributed by atoms with Gasteiger partial charge in [-0.2, -0.15) is 0 Å². The molecule has 3 unspecified atom stereocenters. The molecule has 1 aliphatic heterocycles. The number of nitrogens with one attached hydrogen (secondary N) is 2. The molecule has 4 N–H and O–H groups in total. The number of nitrogens with two attached hydrogens (primary N) is 1. The molecule has 3 atom stereocenters. The van der Waals surface area contributed by atoms with Gasteiger partial charge in [0.2, 0.25) is 0 Å². The summed E-state index contributed by atoms with van der Waals surface area (Å²) < 4.78 is 0. The van der Waals surface area contributed by atoms with Crippen LogP contribution in [0.2, 0.25) is 0 Å². The third kappa shape index (κ3) is 2.93. The number of nitrogens with zero attached hydrogens (tertiary/aromatic N) is 1. The maximum atomic E-state index is 12.3. The molecule has 2 fully saturated rings. The number of likely N-dealkylation sites (tertiary alicyclic amines) is 1. The Morgan fingerprint density at radius 3 is 2.85 bits per heavy atom. The summed E-state index contributed by atoms with van der Waals surface area (Å²) >= 11 is 1.64. The first-order chi connectivity index (χ1) is 12.6. The Labute approximate surface area is 157 Å². The molecular weight excluding hydrogens is 344 g/mol. The fourth-order valence-corrected chi connectivity index (χ4v) is 4.98. The number of carbonyl (C=O) groups is 1. The third-order valence-corrected chi connectivity index (χ3v) is 6.83. The lowest BCUT2D eigenvalue weighted by Crippen LogP contribution is -2.67. The molecule has 6 heteroatoms. The quantitative estimate of drug-likeness (QED) is 0.541. The summed E-state index contributed by atoms with van der Waals surface area (Å²) in [5.41, 5.74) is 8.01. The van der Waals surface area contributed by atoms with Gasteiger partial charge in [-0.3, -0.25) is 15.1 Å². The van der Waals surface area contributed by atoms with E-state index in [0.29, 0.717) is 23.8 Å². The number of thiophene rings is 1. The minimum absolute atomic E-state index is 0.0660. The summed E-state index contributed by atoms with van der Waals surface area (Å²) in [5.74, 6) is 0.463. The van der Waals surface area contributed by atoms with E-state index in [-0.39, 0.29) is 11.6 Å². The zero-order valence-corrected chi connectivity index (χ0v) is 15.7. The third-order valence-electron chi connectivity index (χ3n) is 5.91. The first-order valence-corrected chi connectivity index (χ1v) is 9.96. The maximum Gasteiger partial charge on any atom is 0.269 e. The lowest BCUT2D eigenvalue weighted by molar-refractivity contribution is -0.117. The van der Waals surface area contributed by atoms with Gasteiger partial charge in [-0.25, -0.2) is 0 Å². The van der Waals surface area contributed by atoms with Crippen LogP contribution in [0.3, 0.4) is 0 Å². The number of hydrogen-bond donors (Lipinski definition) is 3. The number of anilines is 1. The molecular formula is C20H24N4OS. The Balaban J connectivity index is 1.34. The number of piperidine rings is 1. The van der Waals surface area contributed by atoms with Crippen molar-refractivity contribution in [2.45, 2.75) is 31.3 Å². The van der Waals surface area contributed by atoms with E-state index in [2.05, 4.69) is 17.3 Å². The number of hydrogen-bond acceptors (Lipinski definition) is 5. The van der Waals surface area contributed by atoms with Gasteiger partial charge >= 0.3 is 0 Å². The molecule has 1 aliphatic carbocycles. The van der Waals surface area contributed by atoms with Gasteiger partial charge < -0.3 is 11.1 Å². The summed E-state index contributed by atoms with van der Waals surface area (Å²) in [6, 6.07) is 10.9. The summed E-state index contributed by atoms with van der Waals surface area (Å²) in [5, 5.41) is 13.1. The SMILES string of the molecule is CN1C(CCNC(=O)C(=N)c2ccc(-c3cccs3)cc2N)C2CCC21. The summed E-state index contributed by atoms with van der Waals surface area (Å²) in [6.45, 7) is 0.604. The second-order valence-electron chi connectivity index (χ2n) is 7.24. The lowest BCUT2D eigenvalue weighted by Gasteiger charge is -2.61. The number of amides is 1. The van der Waals surface area contributed by atoms with Crippen molar-refractivity contribution in [3.05, 3.63) is 41.3 Å². The molecule has 1 saturated heterocycles. The van der Waals surface area contributed by atoms with E-state index < -0.39 is 0 Å². The molecule has 5 nitrogen and oxygen atoms in total. The zero-order chi connectivity index (χ0) is 18.3. The molecule has 4 rings (SSSR count). The van der Waals surface area contributed by atoms with Crippen LogP contribution in [0.15, 0.2) is 35.7 Å². The molecule has 136 valence electrons. The zero-order valence-electron chi connectivity index (χ0n) is 14.9. The van der Waals surface area contributed by atoms with Crippen LogP contribution in [0.4, 0.5) is 5.69 Å². The van der Waals surface area contributed by atoms with Crippen molar-refractivity contribution < 1.29 is 4.79 Å². The molecule has 2 aromatic rings. The van der Waals surface area contributed by atoms with Crippen molar-refractivity contribution >= 4 is 28.6 Å². The second-order valence-corrected chi connectivity index (χ2v) is 8.19. The van der Waals surface area contributed by atoms with Crippen molar-refractivity contribution in [2.24, 2.45) is 5.92 Å². The summed E-state index contributed by atoms with van der Waals surface area (Å²) in [7, 11) is 2.17. The molecule has 26 heavy (non-hydrogen) atoms. The lowest BCUT2D eigenvalue weighted by atomic mass is 9.65. The van der Waals surface area contributed by atoms with Gasteiger partial charge in [-0.05, 0) is 61.4 Å². The van der Waals surface area contributed by atoms with Gasteiger partial charge in [0, 0.05) is 34.8 Å². The van der Waals surface area contributed by atoms with E-state index >= 15 is 0 Å². The Kier molecular flexibility index (Phi) is 4.54. The summed E-state index contributed by atoms with van der Waals surface area (Å²) in [6.07, 6.45) is 3.58. The van der Waals surface area contributed by atoms with E-state index in [1.807, 2.05) is 29.6 Å². The van der Waals surface area contributed by atoms with Crippen LogP contribution < -0.4 is 11.1 Å². The second kappa shape index (κ2) is 6.85. The molecule has 0 bridgehead atoms. The number of rotatable bonds is 6. The first kappa shape index (κ1) is 17.2. The number of carbonyl (C=O) groups excluding carboxylic acids is 1. The predicted octanol–water partition coefficient (Wildman–Crippen LogP) is 2.96. The highest BCUT2D eigenvalue weighted by Gasteiger charge is 2.50. The van der Waals surface area contributed by atoms with Crippen molar-refractivity contribution in [2.75, 3.05) is 19.3 Å². The smallest absolute Gasteiger partial charge is 0.269 e. The van der Waals surface area contributed by atoms with Crippen molar-refractivity contribution in [1.29, 1.82) is 5.41 Å². The molecule has 2 aliphatic rings. The number of benzene rings is 1.